The van der Waals surface area contributed by atoms with Gasteiger partial charge in [0.15, 0.2) is 5.16 Å². The number of nitrogens with one attached hydrogen (secondary N) is 1. The van der Waals surface area contributed by atoms with Crippen LogP contribution in [-0.2, 0) is 11.3 Å². The highest BCUT2D eigenvalue weighted by atomic mass is 32.2. The zero-order valence-corrected chi connectivity index (χ0v) is 17.5. The molecule has 0 saturated heterocycles. The Bertz CT molecular complexity index is 1100. The molecule has 29 heavy (non-hydrogen) atoms. The maximum absolute atomic E-state index is 12.8. The number of thiophene rings is 1. The third kappa shape index (κ3) is 4.44. The summed E-state index contributed by atoms with van der Waals surface area (Å²) in [6.45, 7) is 4.50. The van der Waals surface area contributed by atoms with Gasteiger partial charge in [-0.3, -0.25) is 4.79 Å². The summed E-state index contributed by atoms with van der Waals surface area (Å²) in [5.41, 5.74) is 3.06. The van der Waals surface area contributed by atoms with E-state index in [0.29, 0.717) is 12.3 Å². The largest absolute Gasteiger partial charge is 0.344 e. The minimum absolute atomic E-state index is 0.0190. The summed E-state index contributed by atoms with van der Waals surface area (Å²) in [4.78, 5) is 18.6. The first-order chi connectivity index (χ1) is 14.3. The number of carbonyl (C=O) groups excluding carboxylic acids is 1. The van der Waals surface area contributed by atoms with Gasteiger partial charge in [-0.25, -0.2) is 4.98 Å². The normalized spacial score (nSPS) is 12.0. The van der Waals surface area contributed by atoms with E-state index >= 15 is 0 Å². The number of imidazole rings is 1. The second-order valence-corrected chi connectivity index (χ2v) is 8.42. The Labute approximate surface area is 178 Å². The highest BCUT2D eigenvalue weighted by molar-refractivity contribution is 7.99. The van der Waals surface area contributed by atoms with Crippen molar-refractivity contribution in [2.45, 2.75) is 17.7 Å². The first-order valence-electron chi connectivity index (χ1n) is 9.33. The molecule has 1 N–H and O–H groups in total. The lowest BCUT2D eigenvalue weighted by Gasteiger charge is -2.18. The highest BCUT2D eigenvalue weighted by Gasteiger charge is 2.19. The predicted octanol–water partition coefficient (Wildman–Crippen LogP) is 5.28. The average molecular weight is 420 g/mol. The van der Waals surface area contributed by atoms with Crippen LogP contribution in [0.15, 0.2) is 89.9 Å². The van der Waals surface area contributed by atoms with E-state index in [0.717, 1.165) is 26.6 Å². The van der Waals surface area contributed by atoms with Gasteiger partial charge in [0, 0.05) is 11.4 Å². The van der Waals surface area contributed by atoms with Crippen LogP contribution < -0.4 is 5.32 Å². The van der Waals surface area contributed by atoms with Crippen molar-refractivity contribution < 1.29 is 4.79 Å². The molecule has 1 amide bonds. The number of thioether (sulfide) groups is 1. The van der Waals surface area contributed by atoms with Crippen molar-refractivity contribution in [3.8, 4) is 0 Å². The molecule has 2 aromatic carbocycles. The lowest BCUT2D eigenvalue weighted by atomic mass is 10.1. The molecule has 0 bridgehead atoms. The number of amides is 1. The fourth-order valence-corrected chi connectivity index (χ4v) is 4.86. The third-order valence-corrected chi connectivity index (χ3v) is 6.44. The molecule has 1 atom stereocenters. The third-order valence-electron chi connectivity index (χ3n) is 4.53. The summed E-state index contributed by atoms with van der Waals surface area (Å²) in [6.07, 6.45) is 1.85. The molecule has 2 heterocycles. The van der Waals surface area contributed by atoms with Crippen molar-refractivity contribution in [1.82, 2.24) is 14.9 Å². The number of allylic oxidation sites excluding steroid dienone is 1. The van der Waals surface area contributed by atoms with E-state index < -0.39 is 0 Å². The molecular formula is C23H21N3OS2. The van der Waals surface area contributed by atoms with Gasteiger partial charge in [0.25, 0.3) is 0 Å². The first-order valence-corrected chi connectivity index (χ1v) is 11.2. The maximum atomic E-state index is 12.8. The Kier molecular flexibility index (Phi) is 6.12. The Hall–Kier alpha value is -2.83. The zero-order valence-electron chi connectivity index (χ0n) is 15.8. The van der Waals surface area contributed by atoms with Crippen LogP contribution >= 0.6 is 23.1 Å². The van der Waals surface area contributed by atoms with Crippen molar-refractivity contribution in [3.63, 3.8) is 0 Å². The molecule has 0 fully saturated rings. The van der Waals surface area contributed by atoms with Gasteiger partial charge in [-0.15, -0.1) is 17.9 Å². The monoisotopic (exact) mass is 419 g/mol. The van der Waals surface area contributed by atoms with Crippen LogP contribution in [0.1, 0.15) is 16.5 Å². The van der Waals surface area contributed by atoms with Crippen LogP contribution in [0.3, 0.4) is 0 Å². The number of nitrogens with zero attached hydrogens (tertiary/aromatic N) is 2. The number of carbonyl (C=O) groups is 1. The van der Waals surface area contributed by atoms with Gasteiger partial charge >= 0.3 is 0 Å². The van der Waals surface area contributed by atoms with Crippen molar-refractivity contribution in [3.05, 3.63) is 95.2 Å². The number of hydrogen-bond acceptors (Lipinski definition) is 4. The molecule has 146 valence electrons. The van der Waals surface area contributed by atoms with Crippen LogP contribution in [0.25, 0.3) is 11.0 Å². The Balaban J connectivity index is 1.50. The molecule has 4 nitrogen and oxygen atoms in total. The molecule has 0 saturated carbocycles. The van der Waals surface area contributed by atoms with E-state index in [-0.39, 0.29) is 11.9 Å². The summed E-state index contributed by atoms with van der Waals surface area (Å²) < 4.78 is 2.09. The van der Waals surface area contributed by atoms with E-state index in [9.17, 15) is 4.79 Å². The second-order valence-electron chi connectivity index (χ2n) is 6.50. The number of rotatable bonds is 8. The molecule has 0 radical (unpaired) electrons. The van der Waals surface area contributed by atoms with Crippen LogP contribution in [0, 0.1) is 0 Å². The van der Waals surface area contributed by atoms with E-state index in [1.807, 2.05) is 72.1 Å². The molecule has 0 spiro atoms. The molecule has 0 aliphatic carbocycles. The smallest absolute Gasteiger partial charge is 0.231 e. The molecule has 0 aliphatic heterocycles. The molecule has 6 heteroatoms. The van der Waals surface area contributed by atoms with Gasteiger partial charge in [-0.2, -0.15) is 0 Å². The van der Waals surface area contributed by atoms with E-state index in [2.05, 4.69) is 22.5 Å². The van der Waals surface area contributed by atoms with E-state index in [1.165, 1.54) is 11.8 Å². The average Bonchev–Trinajstić information content (AvgIpc) is 3.40. The Morgan fingerprint density at radius 2 is 1.93 bits per heavy atom. The zero-order chi connectivity index (χ0) is 20.1. The van der Waals surface area contributed by atoms with E-state index in [1.54, 1.807) is 11.3 Å². The Morgan fingerprint density at radius 1 is 1.14 bits per heavy atom. The topological polar surface area (TPSA) is 46.9 Å². The molecule has 0 aliphatic rings. The van der Waals surface area contributed by atoms with Crippen LogP contribution in [0.4, 0.5) is 0 Å². The molecular weight excluding hydrogens is 398 g/mol. The predicted molar refractivity (Wildman–Crippen MR) is 121 cm³/mol. The lowest BCUT2D eigenvalue weighted by Crippen LogP contribution is -2.30. The van der Waals surface area contributed by atoms with Gasteiger partial charge in [0.1, 0.15) is 0 Å². The minimum atomic E-state index is -0.142. The van der Waals surface area contributed by atoms with Crippen molar-refractivity contribution in [2.24, 2.45) is 0 Å². The lowest BCUT2D eigenvalue weighted by molar-refractivity contribution is -0.119. The summed E-state index contributed by atoms with van der Waals surface area (Å²) >= 11 is 3.10. The number of para-hydroxylation sites is 2. The number of fused-ring (bicyclic) bond motifs is 1. The standard InChI is InChI=1S/C23H21N3OS2/c1-2-14-26-19-12-7-6-11-18(19)24-23(26)29-16-21(27)25-22(20-13-8-15-28-20)17-9-4-3-5-10-17/h2-13,15,22H,1,14,16H2,(H,25,27)/t22-/m0/s1. The fourth-order valence-electron chi connectivity index (χ4n) is 3.22. The van der Waals surface area contributed by atoms with Crippen molar-refractivity contribution in [2.75, 3.05) is 5.75 Å². The van der Waals surface area contributed by atoms with Gasteiger partial charge in [0.2, 0.25) is 5.91 Å². The first kappa shape index (κ1) is 19.5. The summed E-state index contributed by atoms with van der Waals surface area (Å²) in [5, 5.41) is 6.04. The van der Waals surface area contributed by atoms with Gasteiger partial charge in [-0.1, -0.05) is 66.4 Å². The van der Waals surface area contributed by atoms with Gasteiger partial charge in [-0.05, 0) is 29.1 Å². The van der Waals surface area contributed by atoms with E-state index in [4.69, 9.17) is 4.98 Å². The minimum Gasteiger partial charge on any atom is -0.344 e. The summed E-state index contributed by atoms with van der Waals surface area (Å²) in [6, 6.07) is 22.0. The van der Waals surface area contributed by atoms with Crippen molar-refractivity contribution >= 4 is 40.0 Å². The van der Waals surface area contributed by atoms with Crippen LogP contribution in [0.2, 0.25) is 0 Å². The summed E-state index contributed by atoms with van der Waals surface area (Å²) in [7, 11) is 0. The van der Waals surface area contributed by atoms with Crippen molar-refractivity contribution in [1.29, 1.82) is 0 Å². The quantitative estimate of drug-likeness (QED) is 0.312. The number of aromatic nitrogens is 2. The highest BCUT2D eigenvalue weighted by Crippen LogP contribution is 2.27. The van der Waals surface area contributed by atoms with Crippen LogP contribution in [0.5, 0.6) is 0 Å². The molecule has 4 aromatic rings. The van der Waals surface area contributed by atoms with Gasteiger partial charge in [0.05, 0.1) is 22.8 Å². The fraction of sp³-hybridized carbons (Fsp3) is 0.130. The molecule has 2 aromatic heterocycles. The summed E-state index contributed by atoms with van der Waals surface area (Å²) in [5.74, 6) is 0.282. The molecule has 4 rings (SSSR count). The SMILES string of the molecule is C=CCn1c(SCC(=O)N[C@@H](c2ccccc2)c2cccs2)nc2ccccc21. The molecule has 0 unspecified atom stereocenters. The second kappa shape index (κ2) is 9.11. The number of benzene rings is 2. The van der Waals surface area contributed by atoms with Gasteiger partial charge < -0.3 is 9.88 Å². The van der Waals surface area contributed by atoms with Crippen LogP contribution in [-0.4, -0.2) is 21.2 Å². The Morgan fingerprint density at radius 3 is 2.69 bits per heavy atom. The maximum Gasteiger partial charge on any atom is 0.231 e. The number of hydrogen-bond donors (Lipinski definition) is 1.